The van der Waals surface area contributed by atoms with Crippen LogP contribution in [0.25, 0.3) is 0 Å². The van der Waals surface area contributed by atoms with E-state index in [4.69, 9.17) is 0 Å². The lowest BCUT2D eigenvalue weighted by Gasteiger charge is -2.18. The molecule has 4 rings (SSSR count). The van der Waals surface area contributed by atoms with Crippen molar-refractivity contribution in [3.8, 4) is 0 Å². The van der Waals surface area contributed by atoms with Gasteiger partial charge in [-0.25, -0.2) is 13.4 Å². The van der Waals surface area contributed by atoms with Crippen LogP contribution in [0.15, 0.2) is 42.6 Å². The first kappa shape index (κ1) is 18.7. The topological polar surface area (TPSA) is 82.6 Å². The number of sulfonamides is 1. The van der Waals surface area contributed by atoms with Crippen LogP contribution >= 0.6 is 0 Å². The number of benzene rings is 1. The molecule has 1 aromatic carbocycles. The van der Waals surface area contributed by atoms with E-state index in [-0.39, 0.29) is 11.7 Å². The van der Waals surface area contributed by atoms with Crippen LogP contribution in [0, 0.1) is 0 Å². The molecule has 0 spiro atoms. The number of nitrogens with one attached hydrogen (secondary N) is 1. The highest BCUT2D eigenvalue weighted by molar-refractivity contribution is 7.93. The predicted octanol–water partition coefficient (Wildman–Crippen LogP) is 2.15. The maximum Gasteiger partial charge on any atom is 0.251 e. The summed E-state index contributed by atoms with van der Waals surface area (Å²) in [6, 6.07) is 10.7. The van der Waals surface area contributed by atoms with E-state index in [1.54, 1.807) is 30.5 Å². The van der Waals surface area contributed by atoms with E-state index < -0.39 is 10.0 Å². The van der Waals surface area contributed by atoms with Crippen molar-refractivity contribution in [3.63, 3.8) is 0 Å². The number of hydrogen-bond donors (Lipinski definition) is 1. The lowest BCUT2D eigenvalue weighted by atomic mass is 10.1. The van der Waals surface area contributed by atoms with Crippen LogP contribution in [0.4, 0.5) is 11.5 Å². The van der Waals surface area contributed by atoms with Gasteiger partial charge in [-0.15, -0.1) is 0 Å². The van der Waals surface area contributed by atoms with Gasteiger partial charge in [-0.3, -0.25) is 9.10 Å². The molecule has 28 heavy (non-hydrogen) atoms. The number of aromatic nitrogens is 1. The quantitative estimate of drug-likeness (QED) is 0.832. The summed E-state index contributed by atoms with van der Waals surface area (Å²) in [5, 5.41) is 2.92. The largest absolute Gasteiger partial charge is 0.357 e. The molecule has 1 aromatic heterocycles. The molecule has 0 aliphatic carbocycles. The first-order valence-electron chi connectivity index (χ1n) is 9.61. The van der Waals surface area contributed by atoms with Gasteiger partial charge in [-0.05, 0) is 55.2 Å². The van der Waals surface area contributed by atoms with Crippen molar-refractivity contribution in [1.29, 1.82) is 0 Å². The smallest absolute Gasteiger partial charge is 0.251 e. The highest BCUT2D eigenvalue weighted by Crippen LogP contribution is 2.25. The van der Waals surface area contributed by atoms with E-state index in [9.17, 15) is 13.2 Å². The van der Waals surface area contributed by atoms with Crippen LogP contribution in [0.1, 0.15) is 35.2 Å². The lowest BCUT2D eigenvalue weighted by molar-refractivity contribution is 0.0951. The Morgan fingerprint density at radius 3 is 2.64 bits per heavy atom. The Morgan fingerprint density at radius 1 is 1.07 bits per heavy atom. The fraction of sp³-hybridized carbons (Fsp3) is 0.400. The number of hydrogen-bond acceptors (Lipinski definition) is 5. The van der Waals surface area contributed by atoms with Gasteiger partial charge in [0.25, 0.3) is 5.91 Å². The molecule has 148 valence electrons. The molecule has 0 atom stereocenters. The van der Waals surface area contributed by atoms with Gasteiger partial charge in [-0.1, -0.05) is 6.07 Å². The van der Waals surface area contributed by atoms with Crippen LogP contribution in [-0.4, -0.2) is 44.7 Å². The van der Waals surface area contributed by atoms with E-state index in [2.05, 4.69) is 15.2 Å². The molecule has 0 unspecified atom stereocenters. The number of carbonyl (C=O) groups excluding carboxylic acids is 1. The monoisotopic (exact) mass is 400 g/mol. The maximum absolute atomic E-state index is 12.6. The third kappa shape index (κ3) is 3.96. The summed E-state index contributed by atoms with van der Waals surface area (Å²) >= 11 is 0. The fourth-order valence-electron chi connectivity index (χ4n) is 3.71. The summed E-state index contributed by atoms with van der Waals surface area (Å²) in [7, 11) is -3.26. The maximum atomic E-state index is 12.6. The summed E-state index contributed by atoms with van der Waals surface area (Å²) in [6.07, 6.45) is 4.76. The lowest BCUT2D eigenvalue weighted by Crippen LogP contribution is -2.26. The predicted molar refractivity (Wildman–Crippen MR) is 109 cm³/mol. The van der Waals surface area contributed by atoms with Gasteiger partial charge in [0, 0.05) is 37.9 Å². The normalized spacial score (nSPS) is 18.4. The van der Waals surface area contributed by atoms with Crippen LogP contribution in [0.5, 0.6) is 0 Å². The zero-order chi connectivity index (χ0) is 19.6. The minimum absolute atomic E-state index is 0.158. The van der Waals surface area contributed by atoms with Crippen molar-refractivity contribution in [3.05, 3.63) is 53.7 Å². The third-order valence-corrected chi connectivity index (χ3v) is 7.06. The number of rotatable bonds is 5. The molecule has 2 aromatic rings. The third-order valence-electron chi connectivity index (χ3n) is 5.19. The molecular weight excluding hydrogens is 376 g/mol. The molecule has 2 aliphatic heterocycles. The molecule has 0 radical (unpaired) electrons. The van der Waals surface area contributed by atoms with E-state index in [0.717, 1.165) is 24.5 Å². The van der Waals surface area contributed by atoms with Gasteiger partial charge < -0.3 is 10.2 Å². The van der Waals surface area contributed by atoms with E-state index in [1.807, 2.05) is 12.1 Å². The van der Waals surface area contributed by atoms with Gasteiger partial charge in [0.1, 0.15) is 5.82 Å². The van der Waals surface area contributed by atoms with Gasteiger partial charge in [-0.2, -0.15) is 0 Å². The van der Waals surface area contributed by atoms with Crippen molar-refractivity contribution in [2.75, 3.05) is 34.6 Å². The second-order valence-electron chi connectivity index (χ2n) is 7.19. The SMILES string of the molecule is O=C(NCc1ccnc(N2CCCC2)c1)c1cccc(N2CCCS2(=O)=O)c1. The standard InChI is InChI=1S/C20H24N4O3S/c25-20(17-5-3-6-18(14-17)24-11-4-12-28(24,26)27)22-15-16-7-8-21-19(13-16)23-9-1-2-10-23/h3,5-8,13-14H,1-2,4,9-12,15H2,(H,22,25). The molecule has 1 amide bonds. The summed E-state index contributed by atoms with van der Waals surface area (Å²) in [5.41, 5.74) is 1.99. The van der Waals surface area contributed by atoms with Crippen LogP contribution in [0.3, 0.4) is 0 Å². The molecule has 7 nitrogen and oxygen atoms in total. The van der Waals surface area contributed by atoms with E-state index in [0.29, 0.717) is 30.8 Å². The van der Waals surface area contributed by atoms with Crippen molar-refractivity contribution in [2.24, 2.45) is 0 Å². The first-order chi connectivity index (χ1) is 13.5. The molecule has 0 bridgehead atoms. The number of anilines is 2. The van der Waals surface area contributed by atoms with E-state index >= 15 is 0 Å². The summed E-state index contributed by atoms with van der Waals surface area (Å²) < 4.78 is 25.6. The second-order valence-corrected chi connectivity index (χ2v) is 9.20. The Bertz CT molecular complexity index is 971. The zero-order valence-electron chi connectivity index (χ0n) is 15.7. The zero-order valence-corrected chi connectivity index (χ0v) is 16.5. The fourth-order valence-corrected chi connectivity index (χ4v) is 5.26. The Morgan fingerprint density at radius 2 is 1.89 bits per heavy atom. The van der Waals surface area contributed by atoms with Crippen LogP contribution in [0.2, 0.25) is 0 Å². The van der Waals surface area contributed by atoms with Crippen LogP contribution < -0.4 is 14.5 Å². The summed E-state index contributed by atoms with van der Waals surface area (Å²) in [5.74, 6) is 0.883. The number of carbonyl (C=O) groups is 1. The summed E-state index contributed by atoms with van der Waals surface area (Å²) in [6.45, 7) is 2.90. The number of pyridine rings is 1. The van der Waals surface area contributed by atoms with Crippen LogP contribution in [-0.2, 0) is 16.6 Å². The van der Waals surface area contributed by atoms with Crippen molar-refractivity contribution < 1.29 is 13.2 Å². The van der Waals surface area contributed by atoms with E-state index in [1.165, 1.54) is 17.1 Å². The number of nitrogens with zero attached hydrogens (tertiary/aromatic N) is 3. The van der Waals surface area contributed by atoms with Crippen molar-refractivity contribution in [2.45, 2.75) is 25.8 Å². The first-order valence-corrected chi connectivity index (χ1v) is 11.2. The molecule has 2 aliphatic rings. The molecule has 0 saturated carbocycles. The summed E-state index contributed by atoms with van der Waals surface area (Å²) in [4.78, 5) is 19.3. The molecule has 1 N–H and O–H groups in total. The van der Waals surface area contributed by atoms with Gasteiger partial charge >= 0.3 is 0 Å². The van der Waals surface area contributed by atoms with Crippen molar-refractivity contribution in [1.82, 2.24) is 10.3 Å². The highest BCUT2D eigenvalue weighted by Gasteiger charge is 2.28. The molecular formula is C20H24N4O3S. The minimum atomic E-state index is -3.26. The Labute approximate surface area is 165 Å². The molecule has 3 heterocycles. The Hall–Kier alpha value is -2.61. The molecule has 8 heteroatoms. The average Bonchev–Trinajstić information content (AvgIpc) is 3.36. The average molecular weight is 401 g/mol. The van der Waals surface area contributed by atoms with Crippen molar-refractivity contribution >= 4 is 27.4 Å². The minimum Gasteiger partial charge on any atom is -0.357 e. The van der Waals surface area contributed by atoms with Gasteiger partial charge in [0.05, 0.1) is 11.4 Å². The molecule has 2 fully saturated rings. The molecule has 2 saturated heterocycles. The number of amides is 1. The van der Waals surface area contributed by atoms with Gasteiger partial charge in [0.15, 0.2) is 0 Å². The highest BCUT2D eigenvalue weighted by atomic mass is 32.2. The van der Waals surface area contributed by atoms with Gasteiger partial charge in [0.2, 0.25) is 10.0 Å². The Kier molecular flexibility index (Phi) is 5.21. The second kappa shape index (κ2) is 7.79. The Balaban J connectivity index is 1.43.